The second kappa shape index (κ2) is 8.57. The van der Waals surface area contributed by atoms with E-state index in [1.54, 1.807) is 24.3 Å². The molecule has 4 rings (SSSR count). The molecule has 30 heavy (non-hydrogen) atoms. The number of carbonyl (C=O) groups is 3. The summed E-state index contributed by atoms with van der Waals surface area (Å²) < 4.78 is 0. The van der Waals surface area contributed by atoms with Crippen molar-refractivity contribution in [2.75, 3.05) is 29.9 Å². The number of hydrogen-bond acceptors (Lipinski definition) is 4. The minimum absolute atomic E-state index is 0.0198. The Labute approximate surface area is 175 Å². The molecule has 2 unspecified atom stereocenters. The number of carbonyl (C=O) groups excluding carboxylic acids is 3. The van der Waals surface area contributed by atoms with Crippen LogP contribution in [0.25, 0.3) is 0 Å². The zero-order valence-corrected chi connectivity index (χ0v) is 17.0. The lowest BCUT2D eigenvalue weighted by molar-refractivity contribution is -0.120. The molecule has 2 aliphatic rings. The van der Waals surface area contributed by atoms with Gasteiger partial charge in [0.05, 0.1) is 6.54 Å². The maximum atomic E-state index is 12.5. The molecule has 7 nitrogen and oxygen atoms in total. The summed E-state index contributed by atoms with van der Waals surface area (Å²) in [6, 6.07) is 14.8. The number of amides is 3. The topological polar surface area (TPSA) is 90.5 Å². The van der Waals surface area contributed by atoms with Gasteiger partial charge in [0.1, 0.15) is 0 Å². The van der Waals surface area contributed by atoms with E-state index in [4.69, 9.17) is 0 Å². The molecule has 3 N–H and O–H groups in total. The first-order valence-corrected chi connectivity index (χ1v) is 10.3. The van der Waals surface area contributed by atoms with Crippen molar-refractivity contribution in [2.24, 2.45) is 11.8 Å². The first-order valence-electron chi connectivity index (χ1n) is 10.3. The Morgan fingerprint density at radius 3 is 2.63 bits per heavy atom. The molecule has 0 bridgehead atoms. The summed E-state index contributed by atoms with van der Waals surface area (Å²) in [6.07, 6.45) is 0.926. The van der Waals surface area contributed by atoms with E-state index in [0.717, 1.165) is 24.2 Å². The second-order valence-electron chi connectivity index (χ2n) is 8.01. The molecule has 1 saturated carbocycles. The lowest BCUT2D eigenvalue weighted by atomic mass is 10.1. The maximum absolute atomic E-state index is 12.5. The highest BCUT2D eigenvalue weighted by Gasteiger charge is 2.39. The molecule has 2 aromatic carbocycles. The highest BCUT2D eigenvalue weighted by molar-refractivity contribution is 5.98. The third kappa shape index (κ3) is 4.79. The summed E-state index contributed by atoms with van der Waals surface area (Å²) in [4.78, 5) is 38.2. The zero-order chi connectivity index (χ0) is 21.1. The molecule has 2 fully saturated rings. The lowest BCUT2D eigenvalue weighted by Gasteiger charge is -2.28. The van der Waals surface area contributed by atoms with Crippen LogP contribution in [0.15, 0.2) is 48.5 Å². The summed E-state index contributed by atoms with van der Waals surface area (Å²) in [7, 11) is 0. The van der Waals surface area contributed by atoms with Gasteiger partial charge in [-0.2, -0.15) is 0 Å². The fourth-order valence-electron chi connectivity index (χ4n) is 3.63. The summed E-state index contributed by atoms with van der Waals surface area (Å²) in [5.74, 6) is 0.386. The van der Waals surface area contributed by atoms with Crippen LogP contribution in [0.1, 0.15) is 29.3 Å². The number of nitrogens with zero attached hydrogens (tertiary/aromatic N) is 1. The predicted molar refractivity (Wildman–Crippen MR) is 115 cm³/mol. The molecule has 1 saturated heterocycles. The van der Waals surface area contributed by atoms with E-state index < -0.39 is 0 Å². The van der Waals surface area contributed by atoms with Crippen molar-refractivity contribution in [3.05, 3.63) is 59.7 Å². The van der Waals surface area contributed by atoms with Gasteiger partial charge in [-0.05, 0) is 48.2 Å². The fraction of sp³-hybridized carbons (Fsp3) is 0.348. The zero-order valence-electron chi connectivity index (χ0n) is 17.0. The van der Waals surface area contributed by atoms with Crippen molar-refractivity contribution in [1.29, 1.82) is 0 Å². The van der Waals surface area contributed by atoms with Gasteiger partial charge in [0.25, 0.3) is 5.91 Å². The van der Waals surface area contributed by atoms with Crippen LogP contribution in [0.3, 0.4) is 0 Å². The normalized spacial score (nSPS) is 20.3. The molecule has 0 aromatic heterocycles. The van der Waals surface area contributed by atoms with Crippen molar-refractivity contribution in [3.8, 4) is 0 Å². The minimum Gasteiger partial charge on any atom is -0.360 e. The molecule has 0 radical (unpaired) electrons. The Hall–Kier alpha value is -3.35. The SMILES string of the molecule is CC1CC1C(=O)Nc1cccc(C(=O)NCc2ccc(N3CCNC(=O)C3)cc2)c1. The molecular weight excluding hydrogens is 380 g/mol. The third-order valence-corrected chi connectivity index (χ3v) is 5.63. The molecule has 156 valence electrons. The first-order chi connectivity index (χ1) is 14.5. The Morgan fingerprint density at radius 2 is 1.93 bits per heavy atom. The summed E-state index contributed by atoms with van der Waals surface area (Å²) in [6.45, 7) is 4.26. The van der Waals surface area contributed by atoms with E-state index in [1.165, 1.54) is 0 Å². The second-order valence-corrected chi connectivity index (χ2v) is 8.01. The molecule has 2 aromatic rings. The molecule has 3 amide bonds. The Kier molecular flexibility index (Phi) is 5.70. The molecule has 1 heterocycles. The van der Waals surface area contributed by atoms with E-state index >= 15 is 0 Å². The Bertz CT molecular complexity index is 957. The average molecular weight is 406 g/mol. The number of piperazine rings is 1. The summed E-state index contributed by atoms with van der Waals surface area (Å²) in [5.41, 5.74) is 3.11. The molecule has 0 spiro atoms. The van der Waals surface area contributed by atoms with E-state index in [9.17, 15) is 14.4 Å². The first kappa shape index (κ1) is 19.9. The highest BCUT2D eigenvalue weighted by atomic mass is 16.2. The molecule has 7 heteroatoms. The van der Waals surface area contributed by atoms with Gasteiger partial charge in [0.2, 0.25) is 11.8 Å². The van der Waals surface area contributed by atoms with Gasteiger partial charge in [-0.3, -0.25) is 14.4 Å². The number of rotatable bonds is 6. The van der Waals surface area contributed by atoms with Gasteiger partial charge < -0.3 is 20.9 Å². The van der Waals surface area contributed by atoms with Crippen molar-refractivity contribution in [2.45, 2.75) is 19.9 Å². The summed E-state index contributed by atoms with van der Waals surface area (Å²) >= 11 is 0. The van der Waals surface area contributed by atoms with E-state index in [1.807, 2.05) is 29.2 Å². The van der Waals surface area contributed by atoms with Crippen LogP contribution in [-0.2, 0) is 16.1 Å². The largest absolute Gasteiger partial charge is 0.360 e. The lowest BCUT2D eigenvalue weighted by Crippen LogP contribution is -2.47. The van der Waals surface area contributed by atoms with Crippen molar-refractivity contribution in [3.63, 3.8) is 0 Å². The van der Waals surface area contributed by atoms with Gasteiger partial charge in [0.15, 0.2) is 0 Å². The Morgan fingerprint density at radius 1 is 1.17 bits per heavy atom. The van der Waals surface area contributed by atoms with Crippen LogP contribution in [0, 0.1) is 11.8 Å². The maximum Gasteiger partial charge on any atom is 0.251 e. The monoisotopic (exact) mass is 406 g/mol. The smallest absolute Gasteiger partial charge is 0.251 e. The van der Waals surface area contributed by atoms with E-state index in [0.29, 0.717) is 36.8 Å². The van der Waals surface area contributed by atoms with Crippen LogP contribution >= 0.6 is 0 Å². The van der Waals surface area contributed by atoms with Crippen LogP contribution in [0.5, 0.6) is 0 Å². The van der Waals surface area contributed by atoms with Crippen LogP contribution < -0.4 is 20.9 Å². The minimum atomic E-state index is -0.192. The molecule has 2 atom stereocenters. The van der Waals surface area contributed by atoms with Crippen LogP contribution in [-0.4, -0.2) is 37.4 Å². The fourth-order valence-corrected chi connectivity index (χ4v) is 3.63. The predicted octanol–water partition coefficient (Wildman–Crippen LogP) is 2.15. The van der Waals surface area contributed by atoms with Crippen LogP contribution in [0.4, 0.5) is 11.4 Å². The third-order valence-electron chi connectivity index (χ3n) is 5.63. The number of benzene rings is 2. The quantitative estimate of drug-likeness (QED) is 0.686. The van der Waals surface area contributed by atoms with Gasteiger partial charge in [0, 0.05) is 42.5 Å². The average Bonchev–Trinajstić information content (AvgIpc) is 3.49. The molecule has 1 aliphatic carbocycles. The van der Waals surface area contributed by atoms with Gasteiger partial charge in [-0.25, -0.2) is 0 Å². The summed E-state index contributed by atoms with van der Waals surface area (Å²) in [5, 5.41) is 8.62. The van der Waals surface area contributed by atoms with Gasteiger partial charge in [-0.1, -0.05) is 25.1 Å². The van der Waals surface area contributed by atoms with Crippen molar-refractivity contribution >= 4 is 29.1 Å². The van der Waals surface area contributed by atoms with Gasteiger partial charge in [-0.15, -0.1) is 0 Å². The molecule has 1 aliphatic heterocycles. The standard InChI is InChI=1S/C23H26N4O3/c1-15-11-20(15)23(30)26-18-4-2-3-17(12-18)22(29)25-13-16-5-7-19(8-6-16)27-10-9-24-21(28)14-27/h2-8,12,15,20H,9-11,13-14H2,1H3,(H,24,28)(H,25,29)(H,26,30). The van der Waals surface area contributed by atoms with Crippen molar-refractivity contribution < 1.29 is 14.4 Å². The number of hydrogen-bond donors (Lipinski definition) is 3. The molecular formula is C23H26N4O3. The van der Waals surface area contributed by atoms with Gasteiger partial charge >= 0.3 is 0 Å². The van der Waals surface area contributed by atoms with Crippen LogP contribution in [0.2, 0.25) is 0 Å². The number of nitrogens with one attached hydrogen (secondary N) is 3. The Balaban J connectivity index is 1.31. The van der Waals surface area contributed by atoms with E-state index in [-0.39, 0.29) is 23.6 Å². The van der Waals surface area contributed by atoms with Crippen molar-refractivity contribution in [1.82, 2.24) is 10.6 Å². The highest BCUT2D eigenvalue weighted by Crippen LogP contribution is 2.38. The van der Waals surface area contributed by atoms with E-state index in [2.05, 4.69) is 22.9 Å². The number of anilines is 2.